The van der Waals surface area contributed by atoms with Crippen molar-refractivity contribution in [1.29, 1.82) is 0 Å². The van der Waals surface area contributed by atoms with Gasteiger partial charge in [-0.05, 0) is 48.7 Å². The predicted molar refractivity (Wildman–Crippen MR) is 79.5 cm³/mol. The number of aryl methyl sites for hydroxylation is 2. The van der Waals surface area contributed by atoms with Crippen LogP contribution in [0.2, 0.25) is 0 Å². The Kier molecular flexibility index (Phi) is 4.30. The Morgan fingerprint density at radius 2 is 1.60 bits per heavy atom. The van der Waals surface area contributed by atoms with Crippen molar-refractivity contribution in [2.45, 2.75) is 20.0 Å². The first-order valence-electron chi connectivity index (χ1n) is 6.54. The highest BCUT2D eigenvalue weighted by Gasteiger charge is 2.18. The molecule has 2 aromatic carbocycles. The number of rotatable bonds is 4. The van der Waals surface area contributed by atoms with Crippen molar-refractivity contribution in [2.75, 3.05) is 14.2 Å². The number of hydrogen-bond acceptors (Lipinski definition) is 3. The van der Waals surface area contributed by atoms with Crippen LogP contribution in [0.5, 0.6) is 11.5 Å². The van der Waals surface area contributed by atoms with Gasteiger partial charge in [0.05, 0.1) is 14.2 Å². The predicted octanol–water partition coefficient (Wildman–Crippen LogP) is 3.40. The van der Waals surface area contributed by atoms with Crippen molar-refractivity contribution in [3.05, 3.63) is 58.7 Å². The summed E-state index contributed by atoms with van der Waals surface area (Å²) in [4.78, 5) is 0. The lowest BCUT2D eigenvalue weighted by molar-refractivity contribution is 0.213. The fourth-order valence-electron chi connectivity index (χ4n) is 2.41. The maximum absolute atomic E-state index is 10.6. The van der Waals surface area contributed by atoms with Crippen LogP contribution in [-0.4, -0.2) is 19.3 Å². The summed E-state index contributed by atoms with van der Waals surface area (Å²) < 4.78 is 10.5. The minimum Gasteiger partial charge on any atom is -0.497 e. The molecule has 0 saturated heterocycles. The van der Waals surface area contributed by atoms with Crippen LogP contribution in [0.3, 0.4) is 0 Å². The van der Waals surface area contributed by atoms with Gasteiger partial charge in [0, 0.05) is 5.56 Å². The summed E-state index contributed by atoms with van der Waals surface area (Å²) in [5.41, 5.74) is 3.76. The van der Waals surface area contributed by atoms with Gasteiger partial charge in [0.1, 0.15) is 17.6 Å². The largest absolute Gasteiger partial charge is 0.497 e. The molecule has 0 spiro atoms. The Balaban J connectivity index is 2.44. The summed E-state index contributed by atoms with van der Waals surface area (Å²) in [5, 5.41) is 10.6. The maximum atomic E-state index is 10.6. The number of benzene rings is 2. The second-order valence-corrected chi connectivity index (χ2v) is 4.87. The van der Waals surface area contributed by atoms with Crippen LogP contribution in [0, 0.1) is 13.8 Å². The SMILES string of the molecule is COc1ccc(C(O)c2c(C)cc(C)cc2OC)cc1. The van der Waals surface area contributed by atoms with Crippen LogP contribution < -0.4 is 9.47 Å². The highest BCUT2D eigenvalue weighted by Crippen LogP contribution is 2.34. The van der Waals surface area contributed by atoms with Crippen molar-refractivity contribution >= 4 is 0 Å². The lowest BCUT2D eigenvalue weighted by Gasteiger charge is -2.19. The fraction of sp³-hybridized carbons (Fsp3) is 0.294. The Morgan fingerprint density at radius 3 is 2.15 bits per heavy atom. The normalized spacial score (nSPS) is 12.1. The van der Waals surface area contributed by atoms with E-state index in [1.807, 2.05) is 50.2 Å². The van der Waals surface area contributed by atoms with Gasteiger partial charge in [-0.2, -0.15) is 0 Å². The number of aliphatic hydroxyl groups is 1. The van der Waals surface area contributed by atoms with Gasteiger partial charge in [-0.3, -0.25) is 0 Å². The van der Waals surface area contributed by atoms with E-state index in [1.165, 1.54) is 0 Å². The van der Waals surface area contributed by atoms with E-state index in [4.69, 9.17) is 9.47 Å². The van der Waals surface area contributed by atoms with Crippen molar-refractivity contribution < 1.29 is 14.6 Å². The lowest BCUT2D eigenvalue weighted by Crippen LogP contribution is -2.05. The van der Waals surface area contributed by atoms with Crippen LogP contribution in [0.15, 0.2) is 36.4 Å². The molecule has 0 saturated carbocycles. The molecule has 1 unspecified atom stereocenters. The quantitative estimate of drug-likeness (QED) is 0.927. The summed E-state index contributed by atoms with van der Waals surface area (Å²) in [7, 11) is 3.25. The average Bonchev–Trinajstić information content (AvgIpc) is 2.46. The first-order valence-corrected chi connectivity index (χ1v) is 6.54. The third-order valence-electron chi connectivity index (χ3n) is 3.42. The molecular formula is C17H20O3. The molecular weight excluding hydrogens is 252 g/mol. The van der Waals surface area contributed by atoms with Crippen molar-refractivity contribution in [2.24, 2.45) is 0 Å². The highest BCUT2D eigenvalue weighted by molar-refractivity contribution is 5.48. The minimum absolute atomic E-state index is 0.712. The third kappa shape index (κ3) is 2.78. The Hall–Kier alpha value is -2.00. The zero-order valence-corrected chi connectivity index (χ0v) is 12.3. The van der Waals surface area contributed by atoms with Gasteiger partial charge >= 0.3 is 0 Å². The Bertz CT molecular complexity index is 588. The topological polar surface area (TPSA) is 38.7 Å². The molecule has 0 aromatic heterocycles. The first kappa shape index (κ1) is 14.4. The van der Waals surface area contributed by atoms with Crippen LogP contribution >= 0.6 is 0 Å². The summed E-state index contributed by atoms with van der Waals surface area (Å²) >= 11 is 0. The van der Waals surface area contributed by atoms with Crippen LogP contribution in [0.1, 0.15) is 28.4 Å². The Morgan fingerprint density at radius 1 is 0.950 bits per heavy atom. The maximum Gasteiger partial charge on any atom is 0.125 e. The standard InChI is InChI=1S/C17H20O3/c1-11-9-12(2)16(15(10-11)20-4)17(18)13-5-7-14(19-3)8-6-13/h5-10,17-18H,1-4H3. The molecule has 0 amide bonds. The van der Waals surface area contributed by atoms with E-state index in [9.17, 15) is 5.11 Å². The molecule has 0 aliphatic carbocycles. The van der Waals surface area contributed by atoms with Crippen molar-refractivity contribution in [3.63, 3.8) is 0 Å². The second-order valence-electron chi connectivity index (χ2n) is 4.87. The molecule has 0 bridgehead atoms. The smallest absolute Gasteiger partial charge is 0.125 e. The summed E-state index contributed by atoms with van der Waals surface area (Å²) in [5.74, 6) is 1.49. The van der Waals surface area contributed by atoms with E-state index in [2.05, 4.69) is 0 Å². The van der Waals surface area contributed by atoms with E-state index >= 15 is 0 Å². The Labute approximate surface area is 119 Å². The summed E-state index contributed by atoms with van der Waals surface area (Å²) in [6, 6.07) is 11.4. The molecule has 106 valence electrons. The molecule has 1 N–H and O–H groups in total. The second kappa shape index (κ2) is 5.97. The van der Waals surface area contributed by atoms with E-state index in [-0.39, 0.29) is 0 Å². The average molecular weight is 272 g/mol. The first-order chi connectivity index (χ1) is 9.56. The van der Waals surface area contributed by atoms with E-state index < -0.39 is 6.10 Å². The fourth-order valence-corrected chi connectivity index (χ4v) is 2.41. The number of methoxy groups -OCH3 is 2. The minimum atomic E-state index is -0.712. The molecule has 0 aliphatic heterocycles. The third-order valence-corrected chi connectivity index (χ3v) is 3.42. The van der Waals surface area contributed by atoms with Crippen LogP contribution in [-0.2, 0) is 0 Å². The van der Waals surface area contributed by atoms with Crippen molar-refractivity contribution in [1.82, 2.24) is 0 Å². The van der Waals surface area contributed by atoms with Crippen LogP contribution in [0.4, 0.5) is 0 Å². The van der Waals surface area contributed by atoms with E-state index in [1.54, 1.807) is 14.2 Å². The molecule has 3 nitrogen and oxygen atoms in total. The monoisotopic (exact) mass is 272 g/mol. The molecule has 0 radical (unpaired) electrons. The van der Waals surface area contributed by atoms with Gasteiger partial charge in [-0.25, -0.2) is 0 Å². The molecule has 1 atom stereocenters. The van der Waals surface area contributed by atoms with Crippen LogP contribution in [0.25, 0.3) is 0 Å². The van der Waals surface area contributed by atoms with Gasteiger partial charge in [0.15, 0.2) is 0 Å². The van der Waals surface area contributed by atoms with E-state index in [0.717, 1.165) is 28.0 Å². The summed E-state index contributed by atoms with van der Waals surface area (Å²) in [6.07, 6.45) is -0.712. The molecule has 3 heteroatoms. The van der Waals surface area contributed by atoms with Gasteiger partial charge < -0.3 is 14.6 Å². The number of aliphatic hydroxyl groups excluding tert-OH is 1. The van der Waals surface area contributed by atoms with Gasteiger partial charge in [-0.1, -0.05) is 18.2 Å². The molecule has 0 fully saturated rings. The molecule has 0 aliphatic rings. The molecule has 20 heavy (non-hydrogen) atoms. The number of ether oxygens (including phenoxy) is 2. The lowest BCUT2D eigenvalue weighted by atomic mass is 9.95. The van der Waals surface area contributed by atoms with Gasteiger partial charge in [-0.15, -0.1) is 0 Å². The van der Waals surface area contributed by atoms with Crippen molar-refractivity contribution in [3.8, 4) is 11.5 Å². The number of hydrogen-bond donors (Lipinski definition) is 1. The van der Waals surface area contributed by atoms with E-state index in [0.29, 0.717) is 5.75 Å². The molecule has 0 heterocycles. The highest BCUT2D eigenvalue weighted by atomic mass is 16.5. The molecule has 2 aromatic rings. The zero-order valence-electron chi connectivity index (χ0n) is 12.3. The van der Waals surface area contributed by atoms with Gasteiger partial charge in [0.2, 0.25) is 0 Å². The molecule has 2 rings (SSSR count). The summed E-state index contributed by atoms with van der Waals surface area (Å²) in [6.45, 7) is 4.00. The van der Waals surface area contributed by atoms with Gasteiger partial charge in [0.25, 0.3) is 0 Å². The zero-order chi connectivity index (χ0) is 14.7.